The quantitative estimate of drug-likeness (QED) is 0.259. The van der Waals surface area contributed by atoms with Crippen LogP contribution in [0.25, 0.3) is 0 Å². The van der Waals surface area contributed by atoms with Crippen LogP contribution in [-0.4, -0.2) is 0 Å². The summed E-state index contributed by atoms with van der Waals surface area (Å²) in [5.74, 6) is 18.0. The Balaban J connectivity index is 1.05. The van der Waals surface area contributed by atoms with Crippen LogP contribution < -0.4 is 0 Å². The van der Waals surface area contributed by atoms with Gasteiger partial charge in [-0.15, -0.1) is 0 Å². The van der Waals surface area contributed by atoms with E-state index in [9.17, 15) is 0 Å². The van der Waals surface area contributed by atoms with Crippen molar-refractivity contribution >= 4 is 0 Å². The molecule has 12 unspecified atom stereocenters. The van der Waals surface area contributed by atoms with Crippen LogP contribution in [0.4, 0.5) is 0 Å². The topological polar surface area (TPSA) is 0 Å². The predicted molar refractivity (Wildman–Crippen MR) is 211 cm³/mol. The molecule has 0 aromatic carbocycles. The first-order valence-corrected chi connectivity index (χ1v) is 24.8. The Bertz CT molecular complexity index is 1020. The molecular formula is C50H82. The molecule has 0 aliphatic heterocycles. The zero-order valence-electron chi connectivity index (χ0n) is 33.1. The molecule has 0 heteroatoms. The molecule has 10 fully saturated rings. The van der Waals surface area contributed by atoms with Gasteiger partial charge in [-0.2, -0.15) is 0 Å². The zero-order chi connectivity index (χ0) is 33.1. The summed E-state index contributed by atoms with van der Waals surface area (Å²) in [4.78, 5) is 0. The molecule has 0 aromatic heterocycles. The Hall–Kier alpha value is 0. The van der Waals surface area contributed by atoms with Gasteiger partial charge in [-0.3, -0.25) is 0 Å². The maximum atomic E-state index is 1.73. The van der Waals surface area contributed by atoms with Crippen molar-refractivity contribution in [1.29, 1.82) is 0 Å². The summed E-state index contributed by atoms with van der Waals surface area (Å²) < 4.78 is 0. The van der Waals surface area contributed by atoms with Gasteiger partial charge in [0.1, 0.15) is 0 Å². The Kier molecular flexibility index (Phi) is 10.3. The Morgan fingerprint density at radius 3 is 0.660 bits per heavy atom. The second-order valence-corrected chi connectivity index (χ2v) is 22.3. The maximum Gasteiger partial charge on any atom is -0.0173 e. The summed E-state index contributed by atoms with van der Waals surface area (Å²) >= 11 is 0. The highest BCUT2D eigenvalue weighted by atomic mass is 14.8. The van der Waals surface area contributed by atoms with Gasteiger partial charge in [0.2, 0.25) is 0 Å². The minimum Gasteiger partial charge on any atom is -0.0533 e. The van der Waals surface area contributed by atoms with Gasteiger partial charge in [0.25, 0.3) is 0 Å². The highest BCUT2D eigenvalue weighted by Crippen LogP contribution is 2.79. The van der Waals surface area contributed by atoms with Crippen LogP contribution in [0.5, 0.6) is 0 Å². The van der Waals surface area contributed by atoms with E-state index in [1.165, 1.54) is 0 Å². The van der Waals surface area contributed by atoms with E-state index < -0.39 is 0 Å². The van der Waals surface area contributed by atoms with Crippen molar-refractivity contribution in [2.75, 3.05) is 0 Å². The van der Waals surface area contributed by atoms with Gasteiger partial charge in [-0.1, -0.05) is 135 Å². The molecule has 10 saturated carbocycles. The van der Waals surface area contributed by atoms with Gasteiger partial charge in [0.05, 0.1) is 0 Å². The minimum absolute atomic E-state index is 0.766. The van der Waals surface area contributed by atoms with E-state index >= 15 is 0 Å². The second kappa shape index (κ2) is 14.9. The molecule has 0 saturated heterocycles. The van der Waals surface area contributed by atoms with Crippen molar-refractivity contribution in [3.05, 3.63) is 0 Å². The van der Waals surface area contributed by atoms with E-state index in [1.54, 1.807) is 212 Å². The fourth-order valence-electron chi connectivity index (χ4n) is 19.2. The first kappa shape index (κ1) is 34.5. The molecule has 0 heterocycles. The molecule has 0 aromatic rings. The normalized spacial score (nSPS) is 49.9. The van der Waals surface area contributed by atoms with Crippen molar-refractivity contribution in [2.45, 2.75) is 212 Å². The molecule has 1 spiro atoms. The van der Waals surface area contributed by atoms with Crippen LogP contribution in [0.1, 0.15) is 212 Å². The summed E-state index contributed by atoms with van der Waals surface area (Å²) in [5.41, 5.74) is 0.766. The molecule has 0 N–H and O–H groups in total. The van der Waals surface area contributed by atoms with Gasteiger partial charge >= 0.3 is 0 Å². The first-order chi connectivity index (χ1) is 24.8. The van der Waals surface area contributed by atoms with Crippen molar-refractivity contribution in [1.82, 2.24) is 0 Å². The van der Waals surface area contributed by atoms with Crippen LogP contribution in [0.2, 0.25) is 0 Å². The lowest BCUT2D eigenvalue weighted by atomic mass is 9.49. The number of hydrogen-bond acceptors (Lipinski definition) is 0. The maximum absolute atomic E-state index is 1.73. The van der Waals surface area contributed by atoms with Crippen LogP contribution in [-0.2, 0) is 0 Å². The summed E-state index contributed by atoms with van der Waals surface area (Å²) in [6, 6.07) is 0. The smallest absolute Gasteiger partial charge is 0.0173 e. The van der Waals surface area contributed by atoms with Gasteiger partial charge in [-0.25, -0.2) is 0 Å². The van der Waals surface area contributed by atoms with Gasteiger partial charge in [-0.05, 0) is 177 Å². The minimum atomic E-state index is 0.766. The average Bonchev–Trinajstić information content (AvgIpc) is 3.46. The van der Waals surface area contributed by atoms with Crippen LogP contribution in [0, 0.1) is 100 Å². The first-order valence-electron chi connectivity index (χ1n) is 24.8. The average molecular weight is 683 g/mol. The standard InChI is InChI=1S/C50H82/c1-2-7-15-34(14-6-1)38-22-26-42-43-27-23-39(35-16-8-3-9-17-35)31-47(43)50(46(42)30-38)48-32-40(36-18-10-4-11-19-36)24-28-44(48)45-29-25-41(33-49(45)50)37-20-12-5-13-21-37/h34-49H,1-33H2. The van der Waals surface area contributed by atoms with Crippen LogP contribution in [0.3, 0.4) is 0 Å². The monoisotopic (exact) mass is 683 g/mol. The van der Waals surface area contributed by atoms with E-state index in [-0.39, 0.29) is 0 Å². The third-order valence-electron chi connectivity index (χ3n) is 21.0. The SMILES string of the molecule is C1CCCC(C2CCC3C4CCC(C5CCCCC5)CC4C4(C3C2)C2CC(C3CCCCC3)CCC2C2CCC(C3CCCCC3)CC24)CC1. The van der Waals surface area contributed by atoms with E-state index in [0.29, 0.717) is 0 Å². The predicted octanol–water partition coefficient (Wildman–Crippen LogP) is 14.8. The fourth-order valence-corrected chi connectivity index (χ4v) is 19.2. The third-order valence-corrected chi connectivity index (χ3v) is 21.0. The van der Waals surface area contributed by atoms with E-state index in [4.69, 9.17) is 0 Å². The summed E-state index contributed by atoms with van der Waals surface area (Å²) in [5, 5.41) is 0. The van der Waals surface area contributed by atoms with E-state index in [0.717, 1.165) is 100 Å². The third kappa shape index (κ3) is 5.99. The molecule has 10 aliphatic rings. The zero-order valence-corrected chi connectivity index (χ0v) is 33.1. The fraction of sp³-hybridized carbons (Fsp3) is 1.00. The molecule has 0 radical (unpaired) electrons. The number of rotatable bonds is 4. The van der Waals surface area contributed by atoms with Gasteiger partial charge in [0, 0.05) is 0 Å². The highest BCUT2D eigenvalue weighted by molar-refractivity contribution is 5.21. The molecule has 282 valence electrons. The van der Waals surface area contributed by atoms with Crippen LogP contribution >= 0.6 is 0 Å². The number of fused-ring (bicyclic) bond motifs is 10. The van der Waals surface area contributed by atoms with E-state index in [1.807, 2.05) is 0 Å². The Labute approximate surface area is 311 Å². The molecule has 0 nitrogen and oxygen atoms in total. The van der Waals surface area contributed by atoms with Gasteiger partial charge < -0.3 is 0 Å². The Morgan fingerprint density at radius 1 is 0.200 bits per heavy atom. The molecular weight excluding hydrogens is 601 g/mol. The molecule has 10 rings (SSSR count). The lowest BCUT2D eigenvalue weighted by Crippen LogP contribution is -2.49. The van der Waals surface area contributed by atoms with Crippen molar-refractivity contribution in [2.24, 2.45) is 100 Å². The summed E-state index contributed by atoms with van der Waals surface area (Å²) in [7, 11) is 0. The lowest BCUT2D eigenvalue weighted by molar-refractivity contribution is -0.0740. The van der Waals surface area contributed by atoms with Crippen LogP contribution in [0.15, 0.2) is 0 Å². The molecule has 0 bridgehead atoms. The van der Waals surface area contributed by atoms with Gasteiger partial charge in [0.15, 0.2) is 0 Å². The Morgan fingerprint density at radius 2 is 0.420 bits per heavy atom. The van der Waals surface area contributed by atoms with Crippen molar-refractivity contribution < 1.29 is 0 Å². The molecule has 0 amide bonds. The highest BCUT2D eigenvalue weighted by Gasteiger charge is 2.73. The number of hydrogen-bond donors (Lipinski definition) is 0. The largest absolute Gasteiger partial charge is 0.0533 e. The van der Waals surface area contributed by atoms with Crippen molar-refractivity contribution in [3.63, 3.8) is 0 Å². The molecule has 50 heavy (non-hydrogen) atoms. The molecule has 12 atom stereocenters. The van der Waals surface area contributed by atoms with Crippen molar-refractivity contribution in [3.8, 4) is 0 Å². The van der Waals surface area contributed by atoms with E-state index in [2.05, 4.69) is 0 Å². The lowest BCUT2D eigenvalue weighted by Gasteiger charge is -2.55. The summed E-state index contributed by atoms with van der Waals surface area (Å²) in [6.45, 7) is 0. The summed E-state index contributed by atoms with van der Waals surface area (Å²) in [6.07, 6.45) is 53.3. The second-order valence-electron chi connectivity index (χ2n) is 22.3. The molecule has 10 aliphatic carbocycles.